The number of hydrogen-bond donors (Lipinski definition) is 0. The molecule has 1 amide bonds. The molecule has 0 aromatic heterocycles. The minimum atomic E-state index is 0.262. The van der Waals surface area contributed by atoms with Crippen LogP contribution in [0.1, 0.15) is 23.1 Å². The van der Waals surface area contributed by atoms with E-state index in [0.29, 0.717) is 6.42 Å². The SMILES string of the molecule is Cc1cc(C)cc(CN2CCC(=O)N(C)CC2)c1. The molecule has 3 nitrogen and oxygen atoms in total. The van der Waals surface area contributed by atoms with Crippen molar-refractivity contribution in [2.24, 2.45) is 0 Å². The fourth-order valence-electron chi connectivity index (χ4n) is 2.55. The molecule has 1 aromatic rings. The van der Waals surface area contributed by atoms with Gasteiger partial charge in [0, 0.05) is 39.6 Å². The molecule has 1 aliphatic rings. The number of likely N-dealkylation sites (N-methyl/N-ethyl adjacent to an activating group) is 1. The van der Waals surface area contributed by atoms with Gasteiger partial charge in [0.05, 0.1) is 0 Å². The first kappa shape index (κ1) is 13.1. The Bertz CT molecular complexity index is 422. The summed E-state index contributed by atoms with van der Waals surface area (Å²) in [5.74, 6) is 0.262. The maximum absolute atomic E-state index is 11.6. The third kappa shape index (κ3) is 3.33. The molecule has 1 aromatic carbocycles. The number of hydrogen-bond acceptors (Lipinski definition) is 2. The number of benzene rings is 1. The topological polar surface area (TPSA) is 23.6 Å². The van der Waals surface area contributed by atoms with E-state index in [-0.39, 0.29) is 5.91 Å². The largest absolute Gasteiger partial charge is 0.344 e. The first-order valence-corrected chi connectivity index (χ1v) is 6.58. The molecular weight excluding hydrogens is 224 g/mol. The van der Waals surface area contributed by atoms with Crippen molar-refractivity contribution in [2.45, 2.75) is 26.8 Å². The van der Waals surface area contributed by atoms with Crippen molar-refractivity contribution in [3.05, 3.63) is 34.9 Å². The molecule has 0 atom stereocenters. The molecule has 0 saturated carbocycles. The van der Waals surface area contributed by atoms with Crippen LogP contribution in [0.4, 0.5) is 0 Å². The van der Waals surface area contributed by atoms with E-state index in [4.69, 9.17) is 0 Å². The minimum Gasteiger partial charge on any atom is -0.344 e. The summed E-state index contributed by atoms with van der Waals surface area (Å²) >= 11 is 0. The predicted molar refractivity (Wildman–Crippen MR) is 73.4 cm³/mol. The highest BCUT2D eigenvalue weighted by Crippen LogP contribution is 2.13. The number of aryl methyl sites for hydroxylation is 2. The fraction of sp³-hybridized carbons (Fsp3) is 0.533. The molecule has 18 heavy (non-hydrogen) atoms. The summed E-state index contributed by atoms with van der Waals surface area (Å²) in [6, 6.07) is 6.68. The molecule has 1 saturated heterocycles. The zero-order chi connectivity index (χ0) is 13.1. The van der Waals surface area contributed by atoms with E-state index in [1.54, 1.807) is 0 Å². The van der Waals surface area contributed by atoms with Gasteiger partial charge in [0.15, 0.2) is 0 Å². The van der Waals surface area contributed by atoms with Gasteiger partial charge >= 0.3 is 0 Å². The smallest absolute Gasteiger partial charge is 0.223 e. The second-order valence-electron chi connectivity index (χ2n) is 5.34. The quantitative estimate of drug-likeness (QED) is 0.796. The summed E-state index contributed by atoms with van der Waals surface area (Å²) < 4.78 is 0. The average Bonchev–Trinajstić information content (AvgIpc) is 2.43. The monoisotopic (exact) mass is 246 g/mol. The van der Waals surface area contributed by atoms with Crippen molar-refractivity contribution >= 4 is 5.91 Å². The van der Waals surface area contributed by atoms with Crippen LogP contribution in [-0.2, 0) is 11.3 Å². The lowest BCUT2D eigenvalue weighted by Crippen LogP contribution is -2.29. The van der Waals surface area contributed by atoms with E-state index in [1.807, 2.05) is 11.9 Å². The van der Waals surface area contributed by atoms with Crippen LogP contribution in [0.2, 0.25) is 0 Å². The Kier molecular flexibility index (Phi) is 4.02. The fourth-order valence-corrected chi connectivity index (χ4v) is 2.55. The summed E-state index contributed by atoms with van der Waals surface area (Å²) in [7, 11) is 1.89. The lowest BCUT2D eigenvalue weighted by molar-refractivity contribution is -0.129. The van der Waals surface area contributed by atoms with Crippen molar-refractivity contribution in [3.8, 4) is 0 Å². The number of carbonyl (C=O) groups is 1. The maximum Gasteiger partial charge on any atom is 0.223 e. The molecule has 1 fully saturated rings. The molecule has 0 bridgehead atoms. The highest BCUT2D eigenvalue weighted by Gasteiger charge is 2.17. The second kappa shape index (κ2) is 5.53. The third-order valence-electron chi connectivity index (χ3n) is 3.51. The van der Waals surface area contributed by atoms with Gasteiger partial charge in [-0.3, -0.25) is 9.69 Å². The van der Waals surface area contributed by atoms with Gasteiger partial charge in [0.1, 0.15) is 0 Å². The maximum atomic E-state index is 11.6. The summed E-state index contributed by atoms with van der Waals surface area (Å²) in [6.07, 6.45) is 0.640. The van der Waals surface area contributed by atoms with Crippen LogP contribution >= 0.6 is 0 Å². The second-order valence-corrected chi connectivity index (χ2v) is 5.34. The van der Waals surface area contributed by atoms with Crippen molar-refractivity contribution < 1.29 is 4.79 Å². The van der Waals surface area contributed by atoms with Gasteiger partial charge in [0.2, 0.25) is 5.91 Å². The molecule has 0 unspecified atom stereocenters. The van der Waals surface area contributed by atoms with Gasteiger partial charge in [-0.05, 0) is 19.4 Å². The Morgan fingerprint density at radius 2 is 1.72 bits per heavy atom. The van der Waals surface area contributed by atoms with Crippen molar-refractivity contribution in [3.63, 3.8) is 0 Å². The lowest BCUT2D eigenvalue weighted by atomic mass is 10.1. The molecule has 1 aliphatic heterocycles. The number of carbonyl (C=O) groups excluding carboxylic acids is 1. The standard InChI is InChI=1S/C15H22N2O/c1-12-8-13(2)10-14(9-12)11-17-5-4-15(18)16(3)6-7-17/h8-10H,4-7,11H2,1-3H3. The van der Waals surface area contributed by atoms with Crippen LogP contribution in [0, 0.1) is 13.8 Å². The van der Waals surface area contributed by atoms with Crippen molar-refractivity contribution in [1.82, 2.24) is 9.80 Å². The summed E-state index contributed by atoms with van der Waals surface area (Å²) in [5, 5.41) is 0. The van der Waals surface area contributed by atoms with Gasteiger partial charge < -0.3 is 4.90 Å². The van der Waals surface area contributed by atoms with E-state index in [0.717, 1.165) is 26.2 Å². The van der Waals surface area contributed by atoms with E-state index >= 15 is 0 Å². The Balaban J connectivity index is 2.02. The van der Waals surface area contributed by atoms with Crippen molar-refractivity contribution in [2.75, 3.05) is 26.7 Å². The molecular formula is C15H22N2O. The molecule has 2 rings (SSSR count). The van der Waals surface area contributed by atoms with E-state index in [9.17, 15) is 4.79 Å². The number of rotatable bonds is 2. The van der Waals surface area contributed by atoms with Crippen LogP contribution in [0.15, 0.2) is 18.2 Å². The first-order chi connectivity index (χ1) is 8.54. The molecule has 1 heterocycles. The summed E-state index contributed by atoms with van der Waals surface area (Å²) in [6.45, 7) is 7.89. The van der Waals surface area contributed by atoms with E-state index in [2.05, 4.69) is 36.9 Å². The molecule has 0 spiro atoms. The number of nitrogens with zero attached hydrogens (tertiary/aromatic N) is 2. The first-order valence-electron chi connectivity index (χ1n) is 6.58. The summed E-state index contributed by atoms with van der Waals surface area (Å²) in [5.41, 5.74) is 3.98. The van der Waals surface area contributed by atoms with Gasteiger partial charge in [-0.15, -0.1) is 0 Å². The van der Waals surface area contributed by atoms with Crippen LogP contribution in [0.25, 0.3) is 0 Å². The Morgan fingerprint density at radius 1 is 1.06 bits per heavy atom. The average molecular weight is 246 g/mol. The Labute approximate surface area is 109 Å². The van der Waals surface area contributed by atoms with Gasteiger partial charge in [0.25, 0.3) is 0 Å². The van der Waals surface area contributed by atoms with E-state index in [1.165, 1.54) is 16.7 Å². The predicted octanol–water partition coefficient (Wildman–Crippen LogP) is 1.97. The van der Waals surface area contributed by atoms with Crippen LogP contribution in [-0.4, -0.2) is 42.4 Å². The molecule has 98 valence electrons. The zero-order valence-electron chi connectivity index (χ0n) is 11.6. The van der Waals surface area contributed by atoms with Crippen LogP contribution < -0.4 is 0 Å². The zero-order valence-corrected chi connectivity index (χ0v) is 11.6. The Morgan fingerprint density at radius 3 is 2.39 bits per heavy atom. The number of amides is 1. The normalized spacial score (nSPS) is 17.9. The molecule has 0 radical (unpaired) electrons. The molecule has 3 heteroatoms. The molecule has 0 aliphatic carbocycles. The lowest BCUT2D eigenvalue weighted by Gasteiger charge is -2.20. The summed E-state index contributed by atoms with van der Waals surface area (Å²) in [4.78, 5) is 15.8. The highest BCUT2D eigenvalue weighted by molar-refractivity contribution is 5.76. The van der Waals surface area contributed by atoms with Crippen molar-refractivity contribution in [1.29, 1.82) is 0 Å². The highest BCUT2D eigenvalue weighted by atomic mass is 16.2. The van der Waals surface area contributed by atoms with Crippen LogP contribution in [0.5, 0.6) is 0 Å². The Hall–Kier alpha value is -1.35. The van der Waals surface area contributed by atoms with Gasteiger partial charge in [-0.25, -0.2) is 0 Å². The van der Waals surface area contributed by atoms with Gasteiger partial charge in [-0.1, -0.05) is 29.3 Å². The minimum absolute atomic E-state index is 0.262. The third-order valence-corrected chi connectivity index (χ3v) is 3.51. The van der Waals surface area contributed by atoms with Crippen LogP contribution in [0.3, 0.4) is 0 Å². The van der Waals surface area contributed by atoms with E-state index < -0.39 is 0 Å². The van der Waals surface area contributed by atoms with Gasteiger partial charge in [-0.2, -0.15) is 0 Å². The molecule has 0 N–H and O–H groups in total.